The van der Waals surface area contributed by atoms with E-state index in [1.165, 1.54) is 12.4 Å². The van der Waals surface area contributed by atoms with E-state index < -0.39 is 0 Å². The van der Waals surface area contributed by atoms with Crippen molar-refractivity contribution in [2.75, 3.05) is 11.9 Å². The molecule has 2 aromatic carbocycles. The molecule has 25 heavy (non-hydrogen) atoms. The summed E-state index contributed by atoms with van der Waals surface area (Å²) in [6, 6.07) is 17.2. The summed E-state index contributed by atoms with van der Waals surface area (Å²) < 4.78 is 0. The summed E-state index contributed by atoms with van der Waals surface area (Å²) in [6.45, 7) is 0.532. The smallest absolute Gasteiger partial charge is 0.254 e. The van der Waals surface area contributed by atoms with E-state index in [9.17, 15) is 4.79 Å². The summed E-state index contributed by atoms with van der Waals surface area (Å²) in [6.07, 6.45) is 3.75. The van der Waals surface area contributed by atoms with Crippen molar-refractivity contribution in [2.24, 2.45) is 0 Å². The summed E-state index contributed by atoms with van der Waals surface area (Å²) in [5, 5.41) is 6.64. The SMILES string of the molecule is O=C(NCCc1ccc(Cl)cc1)c1cnc(Nc2ccccc2)nc1. The van der Waals surface area contributed by atoms with Crippen molar-refractivity contribution < 1.29 is 4.79 Å². The molecule has 5 nitrogen and oxygen atoms in total. The molecule has 0 aliphatic rings. The second kappa shape index (κ2) is 8.26. The lowest BCUT2D eigenvalue weighted by Crippen LogP contribution is -2.26. The fraction of sp³-hybridized carbons (Fsp3) is 0.105. The predicted molar refractivity (Wildman–Crippen MR) is 99.2 cm³/mol. The van der Waals surface area contributed by atoms with Gasteiger partial charge >= 0.3 is 0 Å². The zero-order valence-electron chi connectivity index (χ0n) is 13.4. The van der Waals surface area contributed by atoms with Crippen molar-refractivity contribution in [3.63, 3.8) is 0 Å². The largest absolute Gasteiger partial charge is 0.352 e. The minimum absolute atomic E-state index is 0.194. The highest BCUT2D eigenvalue weighted by Crippen LogP contribution is 2.12. The molecular formula is C19H17ClN4O. The molecule has 0 bridgehead atoms. The van der Waals surface area contributed by atoms with Crippen LogP contribution in [0.1, 0.15) is 15.9 Å². The molecule has 1 aromatic heterocycles. The average Bonchev–Trinajstić information content (AvgIpc) is 2.65. The minimum Gasteiger partial charge on any atom is -0.352 e. The molecule has 0 aliphatic heterocycles. The van der Waals surface area contributed by atoms with Crippen LogP contribution in [-0.4, -0.2) is 22.4 Å². The molecule has 3 aromatic rings. The summed E-state index contributed by atoms with van der Waals surface area (Å²) in [7, 11) is 0. The van der Waals surface area contributed by atoms with E-state index in [0.717, 1.165) is 17.7 Å². The van der Waals surface area contributed by atoms with Gasteiger partial charge in [-0.2, -0.15) is 0 Å². The van der Waals surface area contributed by atoms with Crippen LogP contribution in [0.25, 0.3) is 0 Å². The summed E-state index contributed by atoms with van der Waals surface area (Å²) in [4.78, 5) is 20.5. The van der Waals surface area contributed by atoms with Crippen LogP contribution in [-0.2, 0) is 6.42 Å². The van der Waals surface area contributed by atoms with Crippen LogP contribution in [0.15, 0.2) is 67.0 Å². The number of anilines is 2. The topological polar surface area (TPSA) is 66.9 Å². The Balaban J connectivity index is 1.51. The van der Waals surface area contributed by atoms with E-state index in [1.807, 2.05) is 54.6 Å². The van der Waals surface area contributed by atoms with E-state index in [4.69, 9.17) is 11.6 Å². The minimum atomic E-state index is -0.194. The Bertz CT molecular complexity index is 820. The first-order valence-electron chi connectivity index (χ1n) is 7.87. The van der Waals surface area contributed by atoms with Crippen LogP contribution in [0, 0.1) is 0 Å². The lowest BCUT2D eigenvalue weighted by molar-refractivity contribution is 0.0953. The van der Waals surface area contributed by atoms with Gasteiger partial charge in [0, 0.05) is 29.6 Å². The maximum atomic E-state index is 12.1. The highest BCUT2D eigenvalue weighted by molar-refractivity contribution is 6.30. The van der Waals surface area contributed by atoms with E-state index >= 15 is 0 Å². The number of nitrogens with zero attached hydrogens (tertiary/aromatic N) is 2. The lowest BCUT2D eigenvalue weighted by Gasteiger charge is -2.07. The van der Waals surface area contributed by atoms with Gasteiger partial charge in [-0.05, 0) is 36.2 Å². The number of rotatable bonds is 6. The maximum absolute atomic E-state index is 12.1. The van der Waals surface area contributed by atoms with Gasteiger partial charge in [0.2, 0.25) is 5.95 Å². The molecule has 6 heteroatoms. The standard InChI is InChI=1S/C19H17ClN4O/c20-16-8-6-14(7-9-16)10-11-21-18(25)15-12-22-19(23-13-15)24-17-4-2-1-3-5-17/h1-9,12-13H,10-11H2,(H,21,25)(H,22,23,24). The molecule has 0 aliphatic carbocycles. The van der Waals surface area contributed by atoms with Crippen LogP contribution in [0.4, 0.5) is 11.6 Å². The van der Waals surface area contributed by atoms with Gasteiger partial charge in [0.05, 0.1) is 5.56 Å². The van der Waals surface area contributed by atoms with Gasteiger partial charge in [0.15, 0.2) is 0 Å². The van der Waals surface area contributed by atoms with Crippen LogP contribution in [0.5, 0.6) is 0 Å². The van der Waals surface area contributed by atoms with Crippen LogP contribution in [0.3, 0.4) is 0 Å². The molecule has 0 saturated carbocycles. The van der Waals surface area contributed by atoms with Gasteiger partial charge in [-0.1, -0.05) is 41.9 Å². The molecule has 0 spiro atoms. The summed E-state index contributed by atoms with van der Waals surface area (Å²) in [5.41, 5.74) is 2.43. The average molecular weight is 353 g/mol. The third-order valence-corrected chi connectivity index (χ3v) is 3.81. The van der Waals surface area contributed by atoms with E-state index in [2.05, 4.69) is 20.6 Å². The van der Waals surface area contributed by atoms with Crippen LogP contribution in [0.2, 0.25) is 5.02 Å². The van der Waals surface area contributed by atoms with E-state index in [-0.39, 0.29) is 5.91 Å². The van der Waals surface area contributed by atoms with Crippen molar-refractivity contribution in [1.29, 1.82) is 0 Å². The number of hydrogen-bond acceptors (Lipinski definition) is 4. The molecule has 0 radical (unpaired) electrons. The number of carbonyl (C=O) groups excluding carboxylic acids is 1. The lowest BCUT2D eigenvalue weighted by atomic mass is 10.1. The highest BCUT2D eigenvalue weighted by atomic mass is 35.5. The number of hydrogen-bond donors (Lipinski definition) is 2. The Morgan fingerprint density at radius 1 is 0.960 bits per heavy atom. The van der Waals surface area contributed by atoms with Gasteiger partial charge in [-0.25, -0.2) is 9.97 Å². The molecule has 0 atom stereocenters. The number of carbonyl (C=O) groups is 1. The molecule has 0 unspecified atom stereocenters. The molecule has 126 valence electrons. The predicted octanol–water partition coefficient (Wildman–Crippen LogP) is 3.85. The number of benzene rings is 2. The van der Waals surface area contributed by atoms with Crippen molar-refractivity contribution in [3.8, 4) is 0 Å². The van der Waals surface area contributed by atoms with Gasteiger partial charge in [-0.3, -0.25) is 4.79 Å². The second-order valence-corrected chi connectivity index (χ2v) is 5.86. The van der Waals surface area contributed by atoms with Gasteiger partial charge in [0.1, 0.15) is 0 Å². The molecule has 2 N–H and O–H groups in total. The molecular weight excluding hydrogens is 336 g/mol. The van der Waals surface area contributed by atoms with Crippen molar-refractivity contribution in [1.82, 2.24) is 15.3 Å². The van der Waals surface area contributed by atoms with Crippen molar-refractivity contribution in [2.45, 2.75) is 6.42 Å². The van der Waals surface area contributed by atoms with Crippen LogP contribution >= 0.6 is 11.6 Å². The zero-order chi connectivity index (χ0) is 17.5. The fourth-order valence-corrected chi connectivity index (χ4v) is 2.36. The Morgan fingerprint density at radius 3 is 2.32 bits per heavy atom. The quantitative estimate of drug-likeness (QED) is 0.707. The normalized spacial score (nSPS) is 10.3. The number of nitrogens with one attached hydrogen (secondary N) is 2. The van der Waals surface area contributed by atoms with E-state index in [0.29, 0.717) is 23.1 Å². The second-order valence-electron chi connectivity index (χ2n) is 5.42. The fourth-order valence-electron chi connectivity index (χ4n) is 2.23. The third-order valence-electron chi connectivity index (χ3n) is 3.56. The number of halogens is 1. The van der Waals surface area contributed by atoms with Gasteiger partial charge < -0.3 is 10.6 Å². The van der Waals surface area contributed by atoms with Crippen LogP contribution < -0.4 is 10.6 Å². The Hall–Kier alpha value is -2.92. The first-order chi connectivity index (χ1) is 12.2. The Labute approximate surface area is 151 Å². The first kappa shape index (κ1) is 16.9. The molecule has 0 fully saturated rings. The summed E-state index contributed by atoms with van der Waals surface area (Å²) >= 11 is 5.85. The van der Waals surface area contributed by atoms with Crippen molar-refractivity contribution in [3.05, 3.63) is 83.1 Å². The van der Waals surface area contributed by atoms with Crippen molar-refractivity contribution >= 4 is 29.1 Å². The zero-order valence-corrected chi connectivity index (χ0v) is 14.2. The molecule has 1 amide bonds. The summed E-state index contributed by atoms with van der Waals surface area (Å²) in [5.74, 6) is 0.254. The molecule has 1 heterocycles. The third kappa shape index (κ3) is 5.02. The molecule has 3 rings (SSSR count). The number of amides is 1. The Morgan fingerprint density at radius 2 is 1.64 bits per heavy atom. The number of aromatic nitrogens is 2. The highest BCUT2D eigenvalue weighted by Gasteiger charge is 2.07. The number of para-hydroxylation sites is 1. The van der Waals surface area contributed by atoms with E-state index in [1.54, 1.807) is 0 Å². The monoisotopic (exact) mass is 352 g/mol. The van der Waals surface area contributed by atoms with Gasteiger partial charge in [-0.15, -0.1) is 0 Å². The van der Waals surface area contributed by atoms with Gasteiger partial charge in [0.25, 0.3) is 5.91 Å². The maximum Gasteiger partial charge on any atom is 0.254 e. The Kier molecular flexibility index (Phi) is 5.59. The first-order valence-corrected chi connectivity index (χ1v) is 8.25. The molecule has 0 saturated heterocycles.